The van der Waals surface area contributed by atoms with Gasteiger partial charge in [-0.15, -0.1) is 10.2 Å². The van der Waals surface area contributed by atoms with Gasteiger partial charge in [0.1, 0.15) is 18.4 Å². The smallest absolute Gasteiger partial charge is 0.138 e. The molecule has 2 aromatic rings. The van der Waals surface area contributed by atoms with Crippen LogP contribution in [0, 0.1) is 0 Å². The largest absolute Gasteiger partial charge is 0.494 e. The first kappa shape index (κ1) is 11.4. The minimum absolute atomic E-state index is 0.728. The first-order chi connectivity index (χ1) is 8.38. The van der Waals surface area contributed by atoms with Gasteiger partial charge in [-0.25, -0.2) is 4.68 Å². The summed E-state index contributed by atoms with van der Waals surface area (Å²) < 4.78 is 7.24. The lowest BCUT2D eigenvalue weighted by Crippen LogP contribution is -2.11. The van der Waals surface area contributed by atoms with E-state index >= 15 is 0 Å². The van der Waals surface area contributed by atoms with Gasteiger partial charge < -0.3 is 10.2 Å². The summed E-state index contributed by atoms with van der Waals surface area (Å²) in [5, 5.41) is 7.43. The van der Waals surface area contributed by atoms with Crippen molar-refractivity contribution >= 4 is 0 Å². The van der Waals surface area contributed by atoms with Crippen molar-refractivity contribution in [3.8, 4) is 5.75 Å². The first-order valence-corrected chi connectivity index (χ1v) is 5.68. The third-order valence-electron chi connectivity index (χ3n) is 2.28. The number of benzene rings is 1. The molecule has 1 heterocycles. The Morgan fingerprint density at radius 1 is 1.18 bits per heavy atom. The van der Waals surface area contributed by atoms with E-state index in [1.54, 1.807) is 17.3 Å². The van der Waals surface area contributed by atoms with Gasteiger partial charge in [0.25, 0.3) is 0 Å². The number of nitrogens with zero attached hydrogens (tertiary/aromatic N) is 3. The van der Waals surface area contributed by atoms with Crippen molar-refractivity contribution in [2.75, 3.05) is 12.0 Å². The Balaban J connectivity index is 1.85. The number of hydrogen-bond donors (Lipinski definition) is 1. The monoisotopic (exact) mass is 232 g/mol. The van der Waals surface area contributed by atoms with Crippen LogP contribution in [0.3, 0.4) is 0 Å². The average Bonchev–Trinajstić information content (AvgIpc) is 2.88. The molecule has 0 bridgehead atoms. The van der Waals surface area contributed by atoms with E-state index in [0.29, 0.717) is 0 Å². The van der Waals surface area contributed by atoms with E-state index in [1.165, 1.54) is 5.56 Å². The van der Waals surface area contributed by atoms with E-state index in [0.717, 1.165) is 25.3 Å². The summed E-state index contributed by atoms with van der Waals surface area (Å²) >= 11 is 0. The second kappa shape index (κ2) is 5.89. The minimum atomic E-state index is 0.728. The fourth-order valence-electron chi connectivity index (χ4n) is 1.39. The molecule has 0 radical (unpaired) electrons. The molecule has 0 saturated heterocycles. The second-order valence-corrected chi connectivity index (χ2v) is 3.70. The van der Waals surface area contributed by atoms with Crippen LogP contribution in [0.2, 0.25) is 0 Å². The van der Waals surface area contributed by atoms with Crippen LogP contribution in [0.4, 0.5) is 0 Å². The van der Waals surface area contributed by atoms with Crippen molar-refractivity contribution in [1.82, 2.24) is 14.9 Å². The van der Waals surface area contributed by atoms with Gasteiger partial charge in [0.2, 0.25) is 0 Å². The third kappa shape index (κ3) is 3.48. The van der Waals surface area contributed by atoms with Crippen molar-refractivity contribution < 1.29 is 4.74 Å². The Kier molecular flexibility index (Phi) is 3.96. The molecule has 0 aliphatic rings. The Labute approximate surface area is 100 Å². The SMILES string of the molecule is CCCOc1ccc(CNn2cnnc2)cc1. The number of nitrogens with one attached hydrogen (secondary N) is 1. The standard InChI is InChI=1S/C12H16N4O/c1-2-7-17-12-5-3-11(4-6-12)8-15-16-9-13-14-10-16/h3-6,9-10,15H,2,7-8H2,1H3. The van der Waals surface area contributed by atoms with E-state index in [1.807, 2.05) is 24.3 Å². The maximum Gasteiger partial charge on any atom is 0.138 e. The van der Waals surface area contributed by atoms with Gasteiger partial charge in [-0.2, -0.15) is 0 Å². The van der Waals surface area contributed by atoms with E-state index < -0.39 is 0 Å². The summed E-state index contributed by atoms with van der Waals surface area (Å²) in [5.41, 5.74) is 4.34. The van der Waals surface area contributed by atoms with Crippen LogP contribution in [-0.2, 0) is 6.54 Å². The summed E-state index contributed by atoms with van der Waals surface area (Å²) in [6.45, 7) is 3.59. The highest BCUT2D eigenvalue weighted by Crippen LogP contribution is 2.12. The molecule has 0 unspecified atom stereocenters. The zero-order valence-corrected chi connectivity index (χ0v) is 9.84. The number of rotatable bonds is 6. The van der Waals surface area contributed by atoms with Crippen molar-refractivity contribution in [2.45, 2.75) is 19.9 Å². The first-order valence-electron chi connectivity index (χ1n) is 5.68. The molecule has 0 aliphatic heterocycles. The van der Waals surface area contributed by atoms with Crippen LogP contribution in [-0.4, -0.2) is 21.5 Å². The van der Waals surface area contributed by atoms with Crippen LogP contribution in [0.25, 0.3) is 0 Å². The Morgan fingerprint density at radius 2 is 1.88 bits per heavy atom. The van der Waals surface area contributed by atoms with E-state index in [4.69, 9.17) is 4.74 Å². The van der Waals surface area contributed by atoms with Gasteiger partial charge in [-0.3, -0.25) is 0 Å². The molecular formula is C12H16N4O. The second-order valence-electron chi connectivity index (χ2n) is 3.70. The van der Waals surface area contributed by atoms with E-state index in [2.05, 4.69) is 22.5 Å². The highest BCUT2D eigenvalue weighted by Gasteiger charge is 1.95. The summed E-state index contributed by atoms with van der Waals surface area (Å²) in [4.78, 5) is 0. The molecule has 1 aromatic heterocycles. The number of hydrogen-bond acceptors (Lipinski definition) is 4. The van der Waals surface area contributed by atoms with E-state index in [9.17, 15) is 0 Å². The number of ether oxygens (including phenoxy) is 1. The highest BCUT2D eigenvalue weighted by atomic mass is 16.5. The van der Waals surface area contributed by atoms with Crippen LogP contribution in [0.1, 0.15) is 18.9 Å². The lowest BCUT2D eigenvalue weighted by molar-refractivity contribution is 0.317. The Bertz CT molecular complexity index is 424. The molecule has 5 heteroatoms. The average molecular weight is 232 g/mol. The zero-order chi connectivity index (χ0) is 11.9. The Morgan fingerprint density at radius 3 is 2.53 bits per heavy atom. The van der Waals surface area contributed by atoms with Crippen LogP contribution < -0.4 is 10.2 Å². The molecule has 0 amide bonds. The number of aromatic nitrogens is 3. The summed E-state index contributed by atoms with van der Waals surface area (Å²) in [5.74, 6) is 0.917. The molecule has 1 N–H and O–H groups in total. The van der Waals surface area contributed by atoms with Gasteiger partial charge in [0.05, 0.1) is 13.2 Å². The molecule has 0 fully saturated rings. The van der Waals surface area contributed by atoms with Crippen LogP contribution in [0.5, 0.6) is 5.75 Å². The fourth-order valence-corrected chi connectivity index (χ4v) is 1.39. The summed E-state index contributed by atoms with van der Waals surface area (Å²) in [6.07, 6.45) is 4.27. The molecular weight excluding hydrogens is 216 g/mol. The van der Waals surface area contributed by atoms with Gasteiger partial charge in [-0.1, -0.05) is 19.1 Å². The maximum atomic E-state index is 5.51. The molecule has 2 rings (SSSR count). The molecule has 0 spiro atoms. The lowest BCUT2D eigenvalue weighted by Gasteiger charge is -2.07. The minimum Gasteiger partial charge on any atom is -0.494 e. The zero-order valence-electron chi connectivity index (χ0n) is 9.84. The third-order valence-corrected chi connectivity index (χ3v) is 2.28. The molecule has 1 aromatic carbocycles. The summed E-state index contributed by atoms with van der Waals surface area (Å²) in [6, 6.07) is 8.06. The van der Waals surface area contributed by atoms with Gasteiger partial charge in [0, 0.05) is 0 Å². The normalized spacial score (nSPS) is 10.2. The van der Waals surface area contributed by atoms with Crippen molar-refractivity contribution in [1.29, 1.82) is 0 Å². The summed E-state index contributed by atoms with van der Waals surface area (Å²) in [7, 11) is 0. The topological polar surface area (TPSA) is 52.0 Å². The van der Waals surface area contributed by atoms with Crippen molar-refractivity contribution in [3.63, 3.8) is 0 Å². The molecule has 0 aliphatic carbocycles. The maximum absolute atomic E-state index is 5.51. The van der Waals surface area contributed by atoms with Gasteiger partial charge in [0.15, 0.2) is 0 Å². The van der Waals surface area contributed by atoms with Gasteiger partial charge in [-0.05, 0) is 24.1 Å². The van der Waals surface area contributed by atoms with Crippen LogP contribution in [0.15, 0.2) is 36.9 Å². The molecule has 0 saturated carbocycles. The fraction of sp³-hybridized carbons (Fsp3) is 0.333. The molecule has 5 nitrogen and oxygen atoms in total. The van der Waals surface area contributed by atoms with Gasteiger partial charge >= 0.3 is 0 Å². The molecule has 0 atom stereocenters. The molecule has 17 heavy (non-hydrogen) atoms. The lowest BCUT2D eigenvalue weighted by atomic mass is 10.2. The van der Waals surface area contributed by atoms with Crippen molar-refractivity contribution in [2.24, 2.45) is 0 Å². The predicted octanol–water partition coefficient (Wildman–Crippen LogP) is 1.81. The van der Waals surface area contributed by atoms with Crippen molar-refractivity contribution in [3.05, 3.63) is 42.5 Å². The predicted molar refractivity (Wildman–Crippen MR) is 65.3 cm³/mol. The highest BCUT2D eigenvalue weighted by molar-refractivity contribution is 5.27. The van der Waals surface area contributed by atoms with Crippen LogP contribution >= 0.6 is 0 Å². The molecule has 90 valence electrons. The quantitative estimate of drug-likeness (QED) is 0.825. The Hall–Kier alpha value is -2.04. The van der Waals surface area contributed by atoms with E-state index in [-0.39, 0.29) is 0 Å².